The highest BCUT2D eigenvalue weighted by Crippen LogP contribution is 2.34. The van der Waals surface area contributed by atoms with Crippen LogP contribution in [0.15, 0.2) is 40.8 Å². The zero-order valence-electron chi connectivity index (χ0n) is 11.2. The van der Waals surface area contributed by atoms with Crippen molar-refractivity contribution >= 4 is 0 Å². The Morgan fingerprint density at radius 2 is 1.81 bits per heavy atom. The van der Waals surface area contributed by atoms with E-state index in [0.717, 1.165) is 0 Å². The second-order valence-electron chi connectivity index (χ2n) is 4.29. The monoisotopic (exact) mass is 301 g/mol. The maximum Gasteiger partial charge on any atom is 0.573 e. The highest BCUT2D eigenvalue weighted by atomic mass is 19.4. The van der Waals surface area contributed by atoms with Gasteiger partial charge < -0.3 is 19.6 Å². The minimum atomic E-state index is -4.79. The molecule has 114 valence electrons. The van der Waals surface area contributed by atoms with Gasteiger partial charge in [-0.2, -0.15) is 0 Å². The molecule has 0 radical (unpaired) electrons. The van der Waals surface area contributed by atoms with Crippen molar-refractivity contribution in [3.05, 3.63) is 47.9 Å². The molecule has 1 aromatic heterocycles. The molecule has 1 unspecified atom stereocenters. The van der Waals surface area contributed by atoms with E-state index in [0.29, 0.717) is 11.5 Å². The topological polar surface area (TPSA) is 57.6 Å². The first-order chi connectivity index (χ1) is 9.89. The quantitative estimate of drug-likeness (QED) is 0.917. The number of para-hydroxylation sites is 2. The van der Waals surface area contributed by atoms with Gasteiger partial charge in [-0.25, -0.2) is 0 Å². The molecule has 2 aromatic rings. The number of hydrogen-bond acceptors (Lipinski definition) is 4. The lowest BCUT2D eigenvalue weighted by Gasteiger charge is -2.18. The van der Waals surface area contributed by atoms with Crippen molar-refractivity contribution in [2.24, 2.45) is 5.73 Å². The predicted octanol–water partition coefficient (Wildman–Crippen LogP) is 3.57. The molecule has 0 saturated carbocycles. The van der Waals surface area contributed by atoms with Crippen molar-refractivity contribution in [2.75, 3.05) is 6.54 Å². The average Bonchev–Trinajstić information content (AvgIpc) is 2.82. The fraction of sp³-hybridized carbons (Fsp3) is 0.286. The van der Waals surface area contributed by atoms with Gasteiger partial charge in [-0.3, -0.25) is 0 Å². The predicted molar refractivity (Wildman–Crippen MR) is 69.0 cm³/mol. The summed E-state index contributed by atoms with van der Waals surface area (Å²) in [5, 5.41) is 0. The van der Waals surface area contributed by atoms with E-state index >= 15 is 0 Å². The summed E-state index contributed by atoms with van der Waals surface area (Å²) in [7, 11) is 0. The Bertz CT molecular complexity index is 595. The molecule has 0 fully saturated rings. The molecule has 1 atom stereocenters. The van der Waals surface area contributed by atoms with Gasteiger partial charge in [0.2, 0.25) is 0 Å². The maximum absolute atomic E-state index is 12.3. The largest absolute Gasteiger partial charge is 0.573 e. The van der Waals surface area contributed by atoms with E-state index in [2.05, 4.69) is 4.74 Å². The maximum atomic E-state index is 12.3. The summed E-state index contributed by atoms with van der Waals surface area (Å²) in [6.07, 6.45) is -5.49. The molecule has 7 heteroatoms. The first kappa shape index (κ1) is 15.2. The summed E-state index contributed by atoms with van der Waals surface area (Å²) < 4.78 is 51.8. The van der Waals surface area contributed by atoms with Gasteiger partial charge in [0.1, 0.15) is 11.5 Å². The van der Waals surface area contributed by atoms with Crippen LogP contribution < -0.4 is 15.2 Å². The van der Waals surface area contributed by atoms with Crippen LogP contribution in [0.1, 0.15) is 17.6 Å². The van der Waals surface area contributed by atoms with Crippen LogP contribution >= 0.6 is 0 Å². The van der Waals surface area contributed by atoms with E-state index in [1.807, 2.05) is 0 Å². The molecule has 0 aliphatic heterocycles. The van der Waals surface area contributed by atoms with Crippen LogP contribution in [-0.4, -0.2) is 12.9 Å². The van der Waals surface area contributed by atoms with Gasteiger partial charge in [0.15, 0.2) is 17.6 Å². The van der Waals surface area contributed by atoms with Crippen LogP contribution in [-0.2, 0) is 0 Å². The van der Waals surface area contributed by atoms with Gasteiger partial charge in [0, 0.05) is 6.54 Å². The standard InChI is InChI=1S/C14H14F3NO3/c1-9-6-7-11(19-9)13(8-18)20-10-4-2-3-5-12(10)21-14(15,16)17/h2-7,13H,8,18H2,1H3. The van der Waals surface area contributed by atoms with Crippen LogP contribution in [0, 0.1) is 6.92 Å². The molecule has 0 spiro atoms. The van der Waals surface area contributed by atoms with Crippen LogP contribution in [0.3, 0.4) is 0 Å². The second-order valence-corrected chi connectivity index (χ2v) is 4.29. The summed E-state index contributed by atoms with van der Waals surface area (Å²) in [6, 6.07) is 8.89. The Morgan fingerprint density at radius 3 is 2.33 bits per heavy atom. The number of benzene rings is 1. The Labute approximate surface area is 119 Å². The smallest absolute Gasteiger partial charge is 0.477 e. The van der Waals surface area contributed by atoms with Crippen molar-refractivity contribution < 1.29 is 27.1 Å². The van der Waals surface area contributed by atoms with E-state index in [1.165, 1.54) is 18.2 Å². The summed E-state index contributed by atoms with van der Waals surface area (Å²) in [4.78, 5) is 0. The number of furan rings is 1. The number of rotatable bonds is 5. The van der Waals surface area contributed by atoms with E-state index in [-0.39, 0.29) is 12.3 Å². The third-order valence-corrected chi connectivity index (χ3v) is 2.64. The first-order valence-corrected chi connectivity index (χ1v) is 6.17. The normalized spacial score (nSPS) is 13.0. The SMILES string of the molecule is Cc1ccc(C(CN)Oc2ccccc2OC(F)(F)F)o1. The van der Waals surface area contributed by atoms with E-state index < -0.39 is 18.2 Å². The second kappa shape index (κ2) is 6.09. The van der Waals surface area contributed by atoms with Crippen molar-refractivity contribution in [3.8, 4) is 11.5 Å². The summed E-state index contributed by atoms with van der Waals surface area (Å²) >= 11 is 0. The van der Waals surface area contributed by atoms with Crippen molar-refractivity contribution in [1.82, 2.24) is 0 Å². The molecule has 0 bridgehead atoms. The molecular formula is C14H14F3NO3. The third kappa shape index (κ3) is 4.16. The molecule has 0 aliphatic rings. The highest BCUT2D eigenvalue weighted by Gasteiger charge is 2.32. The molecule has 4 nitrogen and oxygen atoms in total. The number of halogens is 3. The lowest BCUT2D eigenvalue weighted by Crippen LogP contribution is -2.20. The van der Waals surface area contributed by atoms with Crippen LogP contribution in [0.2, 0.25) is 0 Å². The molecule has 0 saturated heterocycles. The van der Waals surface area contributed by atoms with Crippen LogP contribution in [0.5, 0.6) is 11.5 Å². The Kier molecular flexibility index (Phi) is 4.42. The summed E-state index contributed by atoms with van der Waals surface area (Å²) in [6.45, 7) is 1.80. The fourth-order valence-corrected chi connectivity index (χ4v) is 1.76. The zero-order chi connectivity index (χ0) is 15.5. The van der Waals surface area contributed by atoms with Gasteiger partial charge in [-0.05, 0) is 31.2 Å². The van der Waals surface area contributed by atoms with Crippen molar-refractivity contribution in [1.29, 1.82) is 0 Å². The van der Waals surface area contributed by atoms with Gasteiger partial charge >= 0.3 is 6.36 Å². The number of ether oxygens (including phenoxy) is 2. The van der Waals surface area contributed by atoms with Gasteiger partial charge in [-0.1, -0.05) is 12.1 Å². The van der Waals surface area contributed by atoms with E-state index in [1.54, 1.807) is 25.1 Å². The number of aryl methyl sites for hydroxylation is 1. The van der Waals surface area contributed by atoms with Gasteiger partial charge in [0.05, 0.1) is 0 Å². The minimum Gasteiger partial charge on any atom is -0.477 e. The lowest BCUT2D eigenvalue weighted by molar-refractivity contribution is -0.275. The average molecular weight is 301 g/mol. The molecule has 0 amide bonds. The van der Waals surface area contributed by atoms with Crippen LogP contribution in [0.4, 0.5) is 13.2 Å². The molecule has 0 aliphatic carbocycles. The Balaban J connectivity index is 2.21. The minimum absolute atomic E-state index is 0.0489. The molecular weight excluding hydrogens is 287 g/mol. The first-order valence-electron chi connectivity index (χ1n) is 6.17. The molecule has 2 rings (SSSR count). The molecule has 1 aromatic carbocycles. The Hall–Kier alpha value is -2.15. The lowest BCUT2D eigenvalue weighted by atomic mass is 10.2. The number of alkyl halides is 3. The fourth-order valence-electron chi connectivity index (χ4n) is 1.76. The molecule has 1 heterocycles. The molecule has 21 heavy (non-hydrogen) atoms. The number of nitrogens with two attached hydrogens (primary N) is 1. The summed E-state index contributed by atoms with van der Waals surface area (Å²) in [5.41, 5.74) is 5.59. The van der Waals surface area contributed by atoms with E-state index in [4.69, 9.17) is 14.9 Å². The highest BCUT2D eigenvalue weighted by molar-refractivity contribution is 5.40. The zero-order valence-corrected chi connectivity index (χ0v) is 11.2. The summed E-state index contributed by atoms with van der Waals surface area (Å²) in [5.74, 6) is 0.620. The Morgan fingerprint density at radius 1 is 1.14 bits per heavy atom. The van der Waals surface area contributed by atoms with E-state index in [9.17, 15) is 13.2 Å². The molecule has 2 N–H and O–H groups in total. The van der Waals surface area contributed by atoms with Crippen molar-refractivity contribution in [2.45, 2.75) is 19.4 Å². The van der Waals surface area contributed by atoms with Gasteiger partial charge in [-0.15, -0.1) is 13.2 Å². The third-order valence-electron chi connectivity index (χ3n) is 2.64. The van der Waals surface area contributed by atoms with Gasteiger partial charge in [0.25, 0.3) is 0 Å². The van der Waals surface area contributed by atoms with Crippen molar-refractivity contribution in [3.63, 3.8) is 0 Å². The van der Waals surface area contributed by atoms with Crippen LogP contribution in [0.25, 0.3) is 0 Å². The number of hydrogen-bond donors (Lipinski definition) is 1.